The lowest BCUT2D eigenvalue weighted by atomic mass is 10.1. The number of methoxy groups -OCH3 is 2. The highest BCUT2D eigenvalue weighted by Crippen LogP contribution is 2.29. The third-order valence-corrected chi connectivity index (χ3v) is 4.44. The van der Waals surface area contributed by atoms with Gasteiger partial charge in [-0.25, -0.2) is 0 Å². The van der Waals surface area contributed by atoms with Crippen molar-refractivity contribution in [3.05, 3.63) is 32.8 Å². The minimum absolute atomic E-state index is 0.364. The SMILES string of the molecule is COC(C)(C)OCc1cc(Br)c(COC(C)(C)OC)cc1Cl. The van der Waals surface area contributed by atoms with Crippen molar-refractivity contribution in [1.29, 1.82) is 0 Å². The molecule has 22 heavy (non-hydrogen) atoms. The zero-order valence-electron chi connectivity index (χ0n) is 14.0. The highest BCUT2D eigenvalue weighted by molar-refractivity contribution is 9.10. The Morgan fingerprint density at radius 2 is 1.36 bits per heavy atom. The van der Waals surface area contributed by atoms with Crippen LogP contribution in [0.2, 0.25) is 5.02 Å². The van der Waals surface area contributed by atoms with E-state index in [1.807, 2.05) is 39.8 Å². The summed E-state index contributed by atoms with van der Waals surface area (Å²) < 4.78 is 22.8. The van der Waals surface area contributed by atoms with E-state index in [0.717, 1.165) is 15.6 Å². The summed E-state index contributed by atoms with van der Waals surface area (Å²) >= 11 is 9.87. The summed E-state index contributed by atoms with van der Waals surface area (Å²) in [4.78, 5) is 0. The van der Waals surface area contributed by atoms with Crippen molar-refractivity contribution in [2.24, 2.45) is 0 Å². The van der Waals surface area contributed by atoms with Crippen molar-refractivity contribution in [1.82, 2.24) is 0 Å². The molecule has 0 aliphatic heterocycles. The van der Waals surface area contributed by atoms with E-state index in [4.69, 9.17) is 30.5 Å². The third-order valence-electron chi connectivity index (χ3n) is 3.35. The first kappa shape index (κ1) is 19.9. The first-order valence-electron chi connectivity index (χ1n) is 6.95. The Morgan fingerprint density at radius 1 is 0.909 bits per heavy atom. The number of hydrogen-bond donors (Lipinski definition) is 0. The maximum atomic E-state index is 6.33. The Kier molecular flexibility index (Phi) is 7.30. The zero-order chi connectivity index (χ0) is 17.0. The summed E-state index contributed by atoms with van der Waals surface area (Å²) in [5.41, 5.74) is 1.83. The predicted octanol–water partition coefficient (Wildman–Crippen LogP) is 4.90. The van der Waals surface area contributed by atoms with E-state index >= 15 is 0 Å². The molecule has 6 heteroatoms. The fourth-order valence-corrected chi connectivity index (χ4v) is 2.22. The molecular weight excluding hydrogens is 372 g/mol. The molecule has 0 bridgehead atoms. The molecule has 0 unspecified atom stereocenters. The zero-order valence-corrected chi connectivity index (χ0v) is 16.3. The maximum absolute atomic E-state index is 6.33. The van der Waals surface area contributed by atoms with Gasteiger partial charge in [0.25, 0.3) is 0 Å². The van der Waals surface area contributed by atoms with E-state index in [9.17, 15) is 0 Å². The van der Waals surface area contributed by atoms with Gasteiger partial charge in [0.05, 0.1) is 13.2 Å². The van der Waals surface area contributed by atoms with Gasteiger partial charge in [-0.1, -0.05) is 27.5 Å². The van der Waals surface area contributed by atoms with E-state index < -0.39 is 11.6 Å². The van der Waals surface area contributed by atoms with Crippen LogP contribution in [0.15, 0.2) is 16.6 Å². The molecule has 0 heterocycles. The first-order chi connectivity index (χ1) is 10.1. The monoisotopic (exact) mass is 394 g/mol. The summed E-state index contributed by atoms with van der Waals surface area (Å²) in [5, 5.41) is 0.629. The first-order valence-corrected chi connectivity index (χ1v) is 8.12. The standard InChI is InChI=1S/C16H24BrClO4/c1-15(2,19-5)21-9-11-8-14(18)12(7-13(11)17)10-22-16(3,4)20-6/h7-8H,9-10H2,1-6H3. The Labute approximate surface area is 146 Å². The minimum Gasteiger partial charge on any atom is -0.354 e. The lowest BCUT2D eigenvalue weighted by molar-refractivity contribution is -0.205. The third kappa shape index (κ3) is 6.14. The van der Waals surface area contributed by atoms with Gasteiger partial charge in [0.15, 0.2) is 11.6 Å². The molecule has 0 amide bonds. The highest BCUT2D eigenvalue weighted by atomic mass is 79.9. The molecule has 1 rings (SSSR count). The second kappa shape index (κ2) is 8.08. The van der Waals surface area contributed by atoms with Crippen molar-refractivity contribution < 1.29 is 18.9 Å². The topological polar surface area (TPSA) is 36.9 Å². The van der Waals surface area contributed by atoms with Crippen molar-refractivity contribution in [3.63, 3.8) is 0 Å². The molecule has 1 aromatic rings. The Bertz CT molecular complexity index is 457. The van der Waals surface area contributed by atoms with E-state index in [2.05, 4.69) is 15.9 Å². The summed E-state index contributed by atoms with van der Waals surface area (Å²) in [6, 6.07) is 3.81. The molecule has 1 aromatic carbocycles. The van der Waals surface area contributed by atoms with E-state index in [0.29, 0.717) is 18.2 Å². The van der Waals surface area contributed by atoms with Gasteiger partial charge in [-0.15, -0.1) is 0 Å². The molecule has 0 aliphatic carbocycles. The van der Waals surface area contributed by atoms with Gasteiger partial charge in [-0.2, -0.15) is 0 Å². The predicted molar refractivity (Wildman–Crippen MR) is 90.9 cm³/mol. The quantitative estimate of drug-likeness (QED) is 0.587. The number of hydrogen-bond acceptors (Lipinski definition) is 4. The largest absolute Gasteiger partial charge is 0.354 e. The van der Waals surface area contributed by atoms with E-state index in [-0.39, 0.29) is 0 Å². The maximum Gasteiger partial charge on any atom is 0.162 e. The number of benzene rings is 1. The summed E-state index contributed by atoms with van der Waals surface area (Å²) in [5.74, 6) is -1.30. The number of ether oxygens (including phenoxy) is 4. The molecule has 0 spiro atoms. The van der Waals surface area contributed by atoms with E-state index in [1.54, 1.807) is 14.2 Å². The van der Waals surface area contributed by atoms with Gasteiger partial charge in [-0.3, -0.25) is 0 Å². The van der Waals surface area contributed by atoms with E-state index in [1.165, 1.54) is 0 Å². The van der Waals surface area contributed by atoms with Crippen LogP contribution in [0.1, 0.15) is 38.8 Å². The molecule has 0 aromatic heterocycles. The van der Waals surface area contributed by atoms with Crippen LogP contribution in [-0.4, -0.2) is 25.8 Å². The molecule has 126 valence electrons. The lowest BCUT2D eigenvalue weighted by Crippen LogP contribution is -2.26. The Hall–Kier alpha value is -0.170. The summed E-state index contributed by atoms with van der Waals surface area (Å²) in [6.45, 7) is 8.18. The van der Waals surface area contributed by atoms with Gasteiger partial charge < -0.3 is 18.9 Å². The van der Waals surface area contributed by atoms with Crippen LogP contribution in [0.25, 0.3) is 0 Å². The molecule has 0 fully saturated rings. The fourth-order valence-electron chi connectivity index (χ4n) is 1.47. The van der Waals surface area contributed by atoms with Crippen molar-refractivity contribution in [2.45, 2.75) is 52.5 Å². The molecule has 0 radical (unpaired) electrons. The molecular formula is C16H24BrClO4. The van der Waals surface area contributed by atoms with Crippen LogP contribution < -0.4 is 0 Å². The molecule has 0 saturated heterocycles. The summed E-state index contributed by atoms with van der Waals surface area (Å²) in [6.07, 6.45) is 0. The van der Waals surface area contributed by atoms with Gasteiger partial charge in [0.1, 0.15) is 0 Å². The Morgan fingerprint density at radius 3 is 1.82 bits per heavy atom. The normalized spacial score (nSPS) is 12.7. The lowest BCUT2D eigenvalue weighted by Gasteiger charge is -2.25. The van der Waals surface area contributed by atoms with Gasteiger partial charge in [0.2, 0.25) is 0 Å². The van der Waals surface area contributed by atoms with Crippen LogP contribution in [0, 0.1) is 0 Å². The minimum atomic E-state index is -0.653. The van der Waals surface area contributed by atoms with Crippen LogP contribution >= 0.6 is 27.5 Å². The van der Waals surface area contributed by atoms with Gasteiger partial charge >= 0.3 is 0 Å². The molecule has 0 N–H and O–H groups in total. The Balaban J connectivity index is 2.79. The second-order valence-corrected chi connectivity index (χ2v) is 7.08. The van der Waals surface area contributed by atoms with Gasteiger partial charge in [0, 0.05) is 23.7 Å². The highest BCUT2D eigenvalue weighted by Gasteiger charge is 2.20. The smallest absolute Gasteiger partial charge is 0.162 e. The molecule has 0 aliphatic rings. The van der Waals surface area contributed by atoms with Crippen molar-refractivity contribution in [3.8, 4) is 0 Å². The van der Waals surface area contributed by atoms with Crippen LogP contribution in [-0.2, 0) is 32.2 Å². The molecule has 0 saturated carbocycles. The summed E-state index contributed by atoms with van der Waals surface area (Å²) in [7, 11) is 3.22. The number of rotatable bonds is 8. The van der Waals surface area contributed by atoms with Crippen LogP contribution in [0.4, 0.5) is 0 Å². The van der Waals surface area contributed by atoms with Crippen LogP contribution in [0.3, 0.4) is 0 Å². The molecule has 0 atom stereocenters. The van der Waals surface area contributed by atoms with Crippen LogP contribution in [0.5, 0.6) is 0 Å². The van der Waals surface area contributed by atoms with Crippen molar-refractivity contribution >= 4 is 27.5 Å². The number of halogens is 2. The second-order valence-electron chi connectivity index (χ2n) is 5.82. The van der Waals surface area contributed by atoms with Gasteiger partial charge in [-0.05, 0) is 51.0 Å². The average molecular weight is 396 g/mol. The average Bonchev–Trinajstić information content (AvgIpc) is 2.46. The van der Waals surface area contributed by atoms with Crippen molar-refractivity contribution in [2.75, 3.05) is 14.2 Å². The fraction of sp³-hybridized carbons (Fsp3) is 0.625. The molecule has 4 nitrogen and oxygen atoms in total.